The predicted octanol–water partition coefficient (Wildman–Crippen LogP) is 2.91. The Morgan fingerprint density at radius 1 is 1.29 bits per heavy atom. The van der Waals surface area contributed by atoms with E-state index in [1.807, 2.05) is 18.2 Å². The lowest BCUT2D eigenvalue weighted by molar-refractivity contribution is -0.125. The van der Waals surface area contributed by atoms with Crippen molar-refractivity contribution in [2.24, 2.45) is 5.92 Å². The summed E-state index contributed by atoms with van der Waals surface area (Å²) in [6.45, 7) is 5.20. The number of unbranched alkanes of at least 4 members (excludes halogenated alkanes) is 1. The summed E-state index contributed by atoms with van der Waals surface area (Å²) in [6.07, 6.45) is 3.96. The summed E-state index contributed by atoms with van der Waals surface area (Å²) in [5.41, 5.74) is 1.02. The van der Waals surface area contributed by atoms with Gasteiger partial charge in [-0.2, -0.15) is 0 Å². The zero-order chi connectivity index (χ0) is 16.5. The number of ether oxygens (including phenoxy) is 2. The number of hydrogen-bond acceptors (Lipinski definition) is 4. The fourth-order valence-corrected chi connectivity index (χ4v) is 2.69. The van der Waals surface area contributed by atoms with E-state index in [1.54, 1.807) is 7.11 Å². The zero-order valence-corrected chi connectivity index (χ0v) is 15.4. The second-order valence-corrected chi connectivity index (χ2v) is 5.93. The van der Waals surface area contributed by atoms with Gasteiger partial charge in [0.15, 0.2) is 11.5 Å². The first-order valence-electron chi connectivity index (χ1n) is 8.52. The fraction of sp³-hybridized carbons (Fsp3) is 0.611. The highest BCUT2D eigenvalue weighted by Gasteiger charge is 2.20. The number of hydrogen-bond donors (Lipinski definition) is 2. The van der Waals surface area contributed by atoms with E-state index in [9.17, 15) is 4.79 Å². The molecule has 1 aromatic carbocycles. The van der Waals surface area contributed by atoms with Crippen molar-refractivity contribution in [1.82, 2.24) is 10.6 Å². The van der Waals surface area contributed by atoms with Crippen molar-refractivity contribution < 1.29 is 14.3 Å². The molecule has 0 saturated carbocycles. The Bertz CT molecular complexity index is 505. The number of halogens is 1. The van der Waals surface area contributed by atoms with Gasteiger partial charge in [0, 0.05) is 12.5 Å². The maximum Gasteiger partial charge on any atom is 0.223 e. The lowest BCUT2D eigenvalue weighted by Crippen LogP contribution is -2.37. The van der Waals surface area contributed by atoms with Gasteiger partial charge in [0.05, 0.1) is 13.7 Å². The Morgan fingerprint density at radius 2 is 2.04 bits per heavy atom. The second kappa shape index (κ2) is 11.2. The van der Waals surface area contributed by atoms with Crippen molar-refractivity contribution in [1.29, 1.82) is 0 Å². The molecule has 2 N–H and O–H groups in total. The highest BCUT2D eigenvalue weighted by Crippen LogP contribution is 2.28. The summed E-state index contributed by atoms with van der Waals surface area (Å²) in [5.74, 6) is 1.76. The van der Waals surface area contributed by atoms with Gasteiger partial charge in [-0.3, -0.25) is 4.79 Å². The quantitative estimate of drug-likeness (QED) is 0.703. The van der Waals surface area contributed by atoms with Gasteiger partial charge in [0.25, 0.3) is 0 Å². The first-order chi connectivity index (χ1) is 11.2. The smallest absolute Gasteiger partial charge is 0.223 e. The molecule has 1 aliphatic heterocycles. The van der Waals surface area contributed by atoms with Crippen molar-refractivity contribution in [3.63, 3.8) is 0 Å². The Balaban J connectivity index is 0.00000288. The predicted molar refractivity (Wildman–Crippen MR) is 98.1 cm³/mol. The minimum Gasteiger partial charge on any atom is -0.493 e. The monoisotopic (exact) mass is 356 g/mol. The van der Waals surface area contributed by atoms with E-state index < -0.39 is 0 Å². The summed E-state index contributed by atoms with van der Waals surface area (Å²) < 4.78 is 11.1. The van der Waals surface area contributed by atoms with Crippen LogP contribution in [0.25, 0.3) is 0 Å². The van der Waals surface area contributed by atoms with Crippen molar-refractivity contribution in [2.75, 3.05) is 26.8 Å². The third-order valence-corrected chi connectivity index (χ3v) is 4.16. The molecule has 24 heavy (non-hydrogen) atoms. The molecule has 0 atom stereocenters. The van der Waals surface area contributed by atoms with Crippen LogP contribution in [0.4, 0.5) is 0 Å². The molecule has 1 fully saturated rings. The van der Waals surface area contributed by atoms with Gasteiger partial charge in [0.2, 0.25) is 5.91 Å². The van der Waals surface area contributed by atoms with Crippen LogP contribution in [0.15, 0.2) is 18.2 Å². The van der Waals surface area contributed by atoms with E-state index in [2.05, 4.69) is 17.6 Å². The first kappa shape index (κ1) is 20.6. The molecule has 6 heteroatoms. The molecule has 0 aromatic heterocycles. The molecule has 0 unspecified atom stereocenters. The van der Waals surface area contributed by atoms with Crippen LogP contribution in [-0.2, 0) is 11.3 Å². The number of methoxy groups -OCH3 is 1. The summed E-state index contributed by atoms with van der Waals surface area (Å²) in [6, 6.07) is 5.83. The molecule has 1 saturated heterocycles. The number of rotatable bonds is 8. The minimum atomic E-state index is 0. The van der Waals surface area contributed by atoms with Gasteiger partial charge in [-0.15, -0.1) is 12.4 Å². The van der Waals surface area contributed by atoms with Gasteiger partial charge in [0.1, 0.15) is 0 Å². The van der Waals surface area contributed by atoms with Crippen molar-refractivity contribution >= 4 is 18.3 Å². The van der Waals surface area contributed by atoms with E-state index in [-0.39, 0.29) is 24.2 Å². The summed E-state index contributed by atoms with van der Waals surface area (Å²) in [7, 11) is 1.64. The SMILES string of the molecule is CCCCOc1ccc(CNC(=O)C2CCNCC2)cc1OC.Cl. The average molecular weight is 357 g/mol. The lowest BCUT2D eigenvalue weighted by Gasteiger charge is -2.21. The first-order valence-corrected chi connectivity index (χ1v) is 8.52. The number of carbonyl (C=O) groups is 1. The number of carbonyl (C=O) groups excluding carboxylic acids is 1. The average Bonchev–Trinajstić information content (AvgIpc) is 2.61. The van der Waals surface area contributed by atoms with Crippen LogP contribution in [-0.4, -0.2) is 32.7 Å². The van der Waals surface area contributed by atoms with Gasteiger partial charge >= 0.3 is 0 Å². The Hall–Kier alpha value is -1.46. The molecule has 1 aromatic rings. The third-order valence-electron chi connectivity index (χ3n) is 4.16. The van der Waals surface area contributed by atoms with Crippen LogP contribution >= 0.6 is 12.4 Å². The lowest BCUT2D eigenvalue weighted by atomic mass is 9.97. The molecular weight excluding hydrogens is 328 g/mol. The van der Waals surface area contributed by atoms with Crippen LogP contribution in [0.1, 0.15) is 38.2 Å². The molecule has 0 bridgehead atoms. The summed E-state index contributed by atoms with van der Waals surface area (Å²) in [5, 5.41) is 6.30. The van der Waals surface area contributed by atoms with E-state index in [4.69, 9.17) is 9.47 Å². The Morgan fingerprint density at radius 3 is 2.71 bits per heavy atom. The van der Waals surface area contributed by atoms with Crippen molar-refractivity contribution in [3.8, 4) is 11.5 Å². The maximum atomic E-state index is 12.2. The highest BCUT2D eigenvalue weighted by molar-refractivity contribution is 5.85. The van der Waals surface area contributed by atoms with Gasteiger partial charge in [-0.05, 0) is 50.0 Å². The van der Waals surface area contributed by atoms with E-state index >= 15 is 0 Å². The van der Waals surface area contributed by atoms with E-state index in [1.165, 1.54) is 0 Å². The van der Waals surface area contributed by atoms with Gasteiger partial charge < -0.3 is 20.1 Å². The molecule has 1 amide bonds. The molecule has 1 aliphatic rings. The van der Waals surface area contributed by atoms with E-state index in [0.717, 1.165) is 55.8 Å². The third kappa shape index (κ3) is 6.21. The van der Waals surface area contributed by atoms with Gasteiger partial charge in [-0.25, -0.2) is 0 Å². The molecule has 136 valence electrons. The van der Waals surface area contributed by atoms with Crippen LogP contribution < -0.4 is 20.1 Å². The minimum absolute atomic E-state index is 0. The van der Waals surface area contributed by atoms with Crippen molar-refractivity contribution in [3.05, 3.63) is 23.8 Å². The number of nitrogens with one attached hydrogen (secondary N) is 2. The summed E-state index contributed by atoms with van der Waals surface area (Å²) in [4.78, 5) is 12.2. The maximum absolute atomic E-state index is 12.2. The zero-order valence-electron chi connectivity index (χ0n) is 14.6. The number of benzene rings is 1. The Kier molecular flexibility index (Phi) is 9.57. The molecule has 1 heterocycles. The van der Waals surface area contributed by atoms with Crippen LogP contribution in [0.3, 0.4) is 0 Å². The van der Waals surface area contributed by atoms with Crippen molar-refractivity contribution in [2.45, 2.75) is 39.2 Å². The summed E-state index contributed by atoms with van der Waals surface area (Å²) >= 11 is 0. The molecular formula is C18H29ClN2O3. The standard InChI is InChI=1S/C18H28N2O3.ClH/c1-3-4-11-23-16-6-5-14(12-17(16)22-2)13-20-18(21)15-7-9-19-10-8-15;/h5-6,12,15,19H,3-4,7-11,13H2,1-2H3,(H,20,21);1H. The Labute approximate surface area is 150 Å². The fourth-order valence-electron chi connectivity index (χ4n) is 2.69. The molecule has 0 radical (unpaired) electrons. The largest absolute Gasteiger partial charge is 0.493 e. The van der Waals surface area contributed by atoms with Gasteiger partial charge in [-0.1, -0.05) is 19.4 Å². The van der Waals surface area contributed by atoms with Crippen LogP contribution in [0.5, 0.6) is 11.5 Å². The molecule has 2 rings (SSSR count). The molecule has 0 aliphatic carbocycles. The molecule has 0 spiro atoms. The topological polar surface area (TPSA) is 59.6 Å². The normalized spacial score (nSPS) is 14.6. The van der Waals surface area contributed by atoms with Crippen LogP contribution in [0, 0.1) is 5.92 Å². The highest BCUT2D eigenvalue weighted by atomic mass is 35.5. The van der Waals surface area contributed by atoms with Crippen LogP contribution in [0.2, 0.25) is 0 Å². The second-order valence-electron chi connectivity index (χ2n) is 5.93. The van der Waals surface area contributed by atoms with E-state index in [0.29, 0.717) is 13.2 Å². The number of amides is 1. The number of piperidine rings is 1. The molecule has 5 nitrogen and oxygen atoms in total.